The van der Waals surface area contributed by atoms with E-state index in [1.807, 2.05) is 0 Å². The number of ether oxygens (including phenoxy) is 1. The molecule has 0 aromatic heterocycles. The number of benzene rings is 2. The highest BCUT2D eigenvalue weighted by Crippen LogP contribution is 2.63. The number of rotatable bonds is 1. The third-order valence-electron chi connectivity index (χ3n) is 4.54. The minimum absolute atomic E-state index is 0.257. The zero-order chi connectivity index (χ0) is 19.1. The number of nitro benzene ring substituents is 1. The van der Waals surface area contributed by atoms with Crippen LogP contribution in [-0.2, 0) is 16.8 Å². The summed E-state index contributed by atoms with van der Waals surface area (Å²) >= 11 is 6.34. The Hall–Kier alpha value is -2.65. The lowest BCUT2D eigenvalue weighted by atomic mass is 9.90. The lowest BCUT2D eigenvalue weighted by Crippen LogP contribution is -2.44. The highest BCUT2D eigenvalue weighted by molar-refractivity contribution is 6.41. The van der Waals surface area contributed by atoms with Gasteiger partial charge >= 0.3 is 6.18 Å². The van der Waals surface area contributed by atoms with Crippen molar-refractivity contribution in [3.63, 3.8) is 0 Å². The number of nitro groups is 1. The SMILES string of the molecule is O=C1c2cccc([N+](=O)[O-])c2C2(O)Oc3ccc(C(F)(F)F)cc3C12Cl. The summed E-state index contributed by atoms with van der Waals surface area (Å²) in [6, 6.07) is 5.68. The van der Waals surface area contributed by atoms with Crippen LogP contribution in [0.3, 0.4) is 0 Å². The smallest absolute Gasteiger partial charge is 0.416 e. The molecule has 0 saturated heterocycles. The molecule has 1 N–H and O–H groups in total. The van der Waals surface area contributed by atoms with Gasteiger partial charge in [-0.05, 0) is 18.2 Å². The zero-order valence-corrected chi connectivity index (χ0v) is 13.3. The molecule has 2 atom stereocenters. The van der Waals surface area contributed by atoms with E-state index in [0.29, 0.717) is 12.1 Å². The van der Waals surface area contributed by atoms with Crippen LogP contribution in [0.2, 0.25) is 0 Å². The molecule has 0 fully saturated rings. The number of fused-ring (bicyclic) bond motifs is 5. The Morgan fingerprint density at radius 3 is 2.54 bits per heavy atom. The van der Waals surface area contributed by atoms with E-state index >= 15 is 0 Å². The number of halogens is 4. The number of Topliss-reactive ketones (excluding diaryl/α,β-unsaturated/α-hetero) is 1. The van der Waals surface area contributed by atoms with E-state index < -0.39 is 49.9 Å². The van der Waals surface area contributed by atoms with E-state index in [4.69, 9.17) is 16.3 Å². The molecule has 0 bridgehead atoms. The van der Waals surface area contributed by atoms with Gasteiger partial charge in [0.15, 0.2) is 5.78 Å². The van der Waals surface area contributed by atoms with Gasteiger partial charge in [0.2, 0.25) is 4.87 Å². The second kappa shape index (κ2) is 4.74. The molecule has 2 aromatic rings. The van der Waals surface area contributed by atoms with E-state index in [9.17, 15) is 33.2 Å². The Kier molecular flexibility index (Phi) is 3.06. The highest BCUT2D eigenvalue weighted by atomic mass is 35.5. The number of carbonyl (C=O) groups excluding carboxylic acids is 1. The first kappa shape index (κ1) is 16.8. The van der Waals surface area contributed by atoms with Gasteiger partial charge < -0.3 is 9.84 Å². The van der Waals surface area contributed by atoms with Gasteiger partial charge in [0.25, 0.3) is 11.5 Å². The number of nitrogens with zero attached hydrogens (tertiary/aromatic N) is 1. The first-order valence-electron chi connectivity index (χ1n) is 7.16. The summed E-state index contributed by atoms with van der Waals surface area (Å²) in [4.78, 5) is 20.8. The summed E-state index contributed by atoms with van der Waals surface area (Å²) < 4.78 is 44.4. The lowest BCUT2D eigenvalue weighted by Gasteiger charge is -2.27. The number of aliphatic hydroxyl groups is 1. The van der Waals surface area contributed by atoms with Gasteiger partial charge in [0, 0.05) is 17.2 Å². The Morgan fingerprint density at radius 2 is 1.92 bits per heavy atom. The normalized spacial score (nSPS) is 26.1. The van der Waals surface area contributed by atoms with Crippen LogP contribution in [0.4, 0.5) is 18.9 Å². The van der Waals surface area contributed by atoms with Crippen LogP contribution in [-0.4, -0.2) is 15.8 Å². The molecule has 26 heavy (non-hydrogen) atoms. The molecule has 4 rings (SSSR count). The molecular weight excluding hydrogens is 379 g/mol. The molecule has 2 aliphatic rings. The van der Waals surface area contributed by atoms with Crippen molar-refractivity contribution in [2.75, 3.05) is 0 Å². The molecule has 6 nitrogen and oxygen atoms in total. The van der Waals surface area contributed by atoms with E-state index in [1.165, 1.54) is 12.1 Å². The van der Waals surface area contributed by atoms with Crippen LogP contribution < -0.4 is 4.74 Å². The fourth-order valence-electron chi connectivity index (χ4n) is 3.40. The maximum absolute atomic E-state index is 13.0. The number of carbonyl (C=O) groups is 1. The molecule has 0 amide bonds. The van der Waals surface area contributed by atoms with E-state index in [2.05, 4.69) is 0 Å². The largest absolute Gasteiger partial charge is 0.455 e. The Balaban J connectivity index is 2.02. The average Bonchev–Trinajstić information content (AvgIpc) is 2.90. The predicted molar refractivity (Wildman–Crippen MR) is 80.9 cm³/mol. The van der Waals surface area contributed by atoms with Crippen molar-refractivity contribution < 1.29 is 32.7 Å². The van der Waals surface area contributed by atoms with E-state index in [0.717, 1.165) is 12.1 Å². The second-order valence-electron chi connectivity index (χ2n) is 5.90. The van der Waals surface area contributed by atoms with Gasteiger partial charge in [-0.25, -0.2) is 0 Å². The first-order chi connectivity index (χ1) is 12.0. The van der Waals surface area contributed by atoms with Gasteiger partial charge in [-0.15, -0.1) is 0 Å². The summed E-state index contributed by atoms with van der Waals surface area (Å²) in [6.45, 7) is 0. The van der Waals surface area contributed by atoms with Crippen LogP contribution in [0.5, 0.6) is 5.75 Å². The number of alkyl halides is 4. The molecular formula is C16H7ClF3NO5. The minimum Gasteiger partial charge on any atom is -0.455 e. The zero-order valence-electron chi connectivity index (χ0n) is 12.5. The Labute approximate surface area is 147 Å². The van der Waals surface area contributed by atoms with Gasteiger partial charge in [-0.3, -0.25) is 14.9 Å². The van der Waals surface area contributed by atoms with Crippen LogP contribution in [0.25, 0.3) is 0 Å². The van der Waals surface area contributed by atoms with Crippen molar-refractivity contribution in [3.8, 4) is 5.75 Å². The first-order valence-corrected chi connectivity index (χ1v) is 7.54. The number of ketones is 1. The molecule has 134 valence electrons. The van der Waals surface area contributed by atoms with Crippen molar-refractivity contribution in [1.29, 1.82) is 0 Å². The van der Waals surface area contributed by atoms with Crippen molar-refractivity contribution in [2.24, 2.45) is 0 Å². The van der Waals surface area contributed by atoms with Crippen LogP contribution in [0, 0.1) is 10.1 Å². The number of hydrogen-bond acceptors (Lipinski definition) is 5. The lowest BCUT2D eigenvalue weighted by molar-refractivity contribution is -0.387. The van der Waals surface area contributed by atoms with Crippen molar-refractivity contribution in [1.82, 2.24) is 0 Å². The highest BCUT2D eigenvalue weighted by Gasteiger charge is 2.72. The summed E-state index contributed by atoms with van der Waals surface area (Å²) in [5.74, 6) is -3.93. The Morgan fingerprint density at radius 1 is 1.23 bits per heavy atom. The number of hydrogen-bond donors (Lipinski definition) is 1. The van der Waals surface area contributed by atoms with Gasteiger partial charge in [0.1, 0.15) is 11.3 Å². The predicted octanol–water partition coefficient (Wildman–Crippen LogP) is 3.48. The molecule has 0 spiro atoms. The fourth-order valence-corrected chi connectivity index (χ4v) is 3.78. The minimum atomic E-state index is -4.72. The molecule has 2 unspecified atom stereocenters. The maximum Gasteiger partial charge on any atom is 0.416 e. The quantitative estimate of drug-likeness (QED) is 0.461. The maximum atomic E-state index is 13.0. The van der Waals surface area contributed by atoms with E-state index in [-0.39, 0.29) is 11.3 Å². The molecule has 1 heterocycles. The summed E-state index contributed by atoms with van der Waals surface area (Å²) in [7, 11) is 0. The summed E-state index contributed by atoms with van der Waals surface area (Å²) in [5, 5.41) is 22.3. The van der Waals surface area contributed by atoms with Crippen molar-refractivity contribution >= 4 is 23.1 Å². The topological polar surface area (TPSA) is 89.7 Å². The van der Waals surface area contributed by atoms with Gasteiger partial charge in [-0.2, -0.15) is 13.2 Å². The second-order valence-corrected chi connectivity index (χ2v) is 6.47. The monoisotopic (exact) mass is 385 g/mol. The van der Waals surface area contributed by atoms with Crippen molar-refractivity contribution in [2.45, 2.75) is 16.8 Å². The van der Waals surface area contributed by atoms with Crippen LogP contribution in [0.1, 0.15) is 27.0 Å². The summed E-state index contributed by atoms with van der Waals surface area (Å²) in [5.41, 5.74) is -2.87. The molecule has 10 heteroatoms. The molecule has 0 radical (unpaired) electrons. The third kappa shape index (κ3) is 1.79. The average molecular weight is 386 g/mol. The molecule has 1 aliphatic heterocycles. The standard InChI is InChI=1S/C16H7ClF3NO5/c17-14-9-6-7(16(18,19)20)4-5-11(9)26-15(14,23)12-8(13(14)22)2-1-3-10(12)21(24)25/h1-6,23H. The molecule has 2 aromatic carbocycles. The van der Waals surface area contributed by atoms with Crippen molar-refractivity contribution in [3.05, 3.63) is 68.8 Å². The molecule has 1 aliphatic carbocycles. The molecule has 0 saturated carbocycles. The summed E-state index contributed by atoms with van der Waals surface area (Å²) in [6.07, 6.45) is -4.72. The third-order valence-corrected chi connectivity index (χ3v) is 5.17. The van der Waals surface area contributed by atoms with Gasteiger partial charge in [-0.1, -0.05) is 23.7 Å². The van der Waals surface area contributed by atoms with E-state index in [1.54, 1.807) is 0 Å². The fraction of sp³-hybridized carbons (Fsp3) is 0.188. The Bertz CT molecular complexity index is 1010. The van der Waals surface area contributed by atoms with Crippen LogP contribution >= 0.6 is 11.6 Å². The van der Waals surface area contributed by atoms with Crippen LogP contribution in [0.15, 0.2) is 36.4 Å². The van der Waals surface area contributed by atoms with Gasteiger partial charge in [0.05, 0.1) is 10.5 Å².